The van der Waals surface area contributed by atoms with Crippen molar-refractivity contribution in [3.63, 3.8) is 0 Å². The maximum atomic E-state index is 12.4. The van der Waals surface area contributed by atoms with Gasteiger partial charge in [0.2, 0.25) is 0 Å². The Morgan fingerprint density at radius 1 is 1.38 bits per heavy atom. The van der Waals surface area contributed by atoms with E-state index in [4.69, 9.17) is 4.42 Å². The molecule has 0 saturated carbocycles. The normalized spacial score (nSPS) is 18.6. The Morgan fingerprint density at radius 3 is 2.86 bits per heavy atom. The van der Waals surface area contributed by atoms with E-state index < -0.39 is 6.43 Å². The van der Waals surface area contributed by atoms with Crippen LogP contribution in [0.3, 0.4) is 0 Å². The second-order valence-electron chi connectivity index (χ2n) is 5.22. The van der Waals surface area contributed by atoms with Crippen LogP contribution in [0.1, 0.15) is 25.1 Å². The van der Waals surface area contributed by atoms with Crippen LogP contribution in [0, 0.1) is 0 Å². The van der Waals surface area contributed by atoms with Gasteiger partial charge in [-0.25, -0.2) is 13.6 Å². The zero-order valence-corrected chi connectivity index (χ0v) is 12.1. The van der Waals surface area contributed by atoms with E-state index in [0.717, 1.165) is 0 Å². The Kier molecular flexibility index (Phi) is 5.55. The highest BCUT2D eigenvalue weighted by molar-refractivity contribution is 5.74. The van der Waals surface area contributed by atoms with Gasteiger partial charge in [0.15, 0.2) is 0 Å². The van der Waals surface area contributed by atoms with Crippen molar-refractivity contribution in [1.82, 2.24) is 15.1 Å². The number of halogens is 2. The van der Waals surface area contributed by atoms with Crippen molar-refractivity contribution in [2.75, 3.05) is 32.7 Å². The lowest BCUT2D eigenvalue weighted by molar-refractivity contribution is 0.0903. The Bertz CT molecular complexity index is 439. The number of rotatable bonds is 4. The first-order valence-electron chi connectivity index (χ1n) is 7.15. The highest BCUT2D eigenvalue weighted by Crippen LogP contribution is 2.13. The third-order valence-electron chi connectivity index (χ3n) is 3.58. The summed E-state index contributed by atoms with van der Waals surface area (Å²) in [6.07, 6.45) is -0.0640. The van der Waals surface area contributed by atoms with Crippen LogP contribution >= 0.6 is 0 Å². The van der Waals surface area contributed by atoms with Gasteiger partial charge in [0, 0.05) is 26.2 Å². The summed E-state index contributed by atoms with van der Waals surface area (Å²) in [5.41, 5.74) is 0. The highest BCUT2D eigenvalue weighted by Gasteiger charge is 2.22. The summed E-state index contributed by atoms with van der Waals surface area (Å²) in [6.45, 7) is 3.74. The molecule has 1 aliphatic rings. The van der Waals surface area contributed by atoms with Gasteiger partial charge in [0.05, 0.1) is 18.8 Å². The molecule has 1 atom stereocenters. The largest absolute Gasteiger partial charge is 0.467 e. The van der Waals surface area contributed by atoms with Gasteiger partial charge in [-0.05, 0) is 25.5 Å². The van der Waals surface area contributed by atoms with Gasteiger partial charge in [-0.1, -0.05) is 0 Å². The molecule has 2 rings (SSSR count). The van der Waals surface area contributed by atoms with Gasteiger partial charge in [0.1, 0.15) is 5.76 Å². The molecule has 1 fully saturated rings. The van der Waals surface area contributed by atoms with Gasteiger partial charge in [-0.3, -0.25) is 4.90 Å². The average molecular weight is 301 g/mol. The molecule has 5 nitrogen and oxygen atoms in total. The number of alkyl halides is 2. The first-order chi connectivity index (χ1) is 10.1. The van der Waals surface area contributed by atoms with Crippen LogP contribution < -0.4 is 5.32 Å². The van der Waals surface area contributed by atoms with Crippen LogP contribution in [-0.4, -0.2) is 55.0 Å². The summed E-state index contributed by atoms with van der Waals surface area (Å²) in [7, 11) is 0. The van der Waals surface area contributed by atoms with Gasteiger partial charge in [-0.15, -0.1) is 0 Å². The summed E-state index contributed by atoms with van der Waals surface area (Å²) in [5, 5.41) is 2.86. The quantitative estimate of drug-likeness (QED) is 0.928. The molecule has 0 bridgehead atoms. The van der Waals surface area contributed by atoms with E-state index in [2.05, 4.69) is 5.32 Å². The molecule has 21 heavy (non-hydrogen) atoms. The van der Waals surface area contributed by atoms with E-state index in [-0.39, 0.29) is 18.6 Å². The molecule has 1 saturated heterocycles. The Labute approximate surface area is 122 Å². The molecule has 1 aromatic rings. The molecule has 0 aliphatic carbocycles. The Morgan fingerprint density at radius 2 is 2.19 bits per heavy atom. The standard InChI is InChI=1S/C14H21F2N3O2/c1-11(12-4-2-9-21-12)17-14(20)19-6-3-5-18(7-8-19)10-13(15)16/h2,4,9,11,13H,3,5-8,10H2,1H3,(H,17,20). The molecule has 0 aromatic carbocycles. The minimum Gasteiger partial charge on any atom is -0.467 e. The minimum atomic E-state index is -2.33. The molecule has 1 N–H and O–H groups in total. The van der Waals surface area contributed by atoms with Crippen molar-refractivity contribution >= 4 is 6.03 Å². The molecular weight excluding hydrogens is 280 g/mol. The number of urea groups is 1. The molecule has 1 unspecified atom stereocenters. The van der Waals surface area contributed by atoms with Gasteiger partial charge in [0.25, 0.3) is 6.43 Å². The monoisotopic (exact) mass is 301 g/mol. The lowest BCUT2D eigenvalue weighted by Gasteiger charge is -2.23. The SMILES string of the molecule is CC(NC(=O)N1CCCN(CC(F)F)CC1)c1ccco1. The van der Waals surface area contributed by atoms with Gasteiger partial charge in [-0.2, -0.15) is 0 Å². The first kappa shape index (κ1) is 15.8. The fraction of sp³-hybridized carbons (Fsp3) is 0.643. The minimum absolute atomic E-state index is 0.183. The highest BCUT2D eigenvalue weighted by atomic mass is 19.3. The summed E-state index contributed by atoms with van der Waals surface area (Å²) < 4.78 is 30.0. The lowest BCUT2D eigenvalue weighted by atomic mass is 10.2. The maximum Gasteiger partial charge on any atom is 0.318 e. The van der Waals surface area contributed by atoms with Crippen molar-refractivity contribution in [2.45, 2.75) is 25.8 Å². The van der Waals surface area contributed by atoms with Crippen LogP contribution in [0.15, 0.2) is 22.8 Å². The molecular formula is C14H21F2N3O2. The number of amides is 2. The van der Waals surface area contributed by atoms with Crippen LogP contribution in [0.4, 0.5) is 13.6 Å². The molecule has 2 heterocycles. The number of nitrogens with one attached hydrogen (secondary N) is 1. The number of carbonyl (C=O) groups excluding carboxylic acids is 1. The predicted molar refractivity (Wildman–Crippen MR) is 74.3 cm³/mol. The molecule has 1 aromatic heterocycles. The number of carbonyl (C=O) groups is 1. The fourth-order valence-corrected chi connectivity index (χ4v) is 2.44. The molecule has 7 heteroatoms. The summed E-state index contributed by atoms with van der Waals surface area (Å²) >= 11 is 0. The molecule has 0 radical (unpaired) electrons. The summed E-state index contributed by atoms with van der Waals surface area (Å²) in [6, 6.07) is 3.18. The lowest BCUT2D eigenvalue weighted by Crippen LogP contribution is -2.43. The molecule has 2 amide bonds. The maximum absolute atomic E-state index is 12.4. The van der Waals surface area contributed by atoms with Crippen molar-refractivity contribution in [3.05, 3.63) is 24.2 Å². The van der Waals surface area contributed by atoms with E-state index in [9.17, 15) is 13.6 Å². The summed E-state index contributed by atoms with van der Waals surface area (Å²) in [5.74, 6) is 0.692. The summed E-state index contributed by atoms with van der Waals surface area (Å²) in [4.78, 5) is 15.6. The van der Waals surface area contributed by atoms with E-state index in [1.54, 1.807) is 28.2 Å². The second-order valence-corrected chi connectivity index (χ2v) is 5.22. The van der Waals surface area contributed by atoms with E-state index in [1.807, 2.05) is 6.92 Å². The van der Waals surface area contributed by atoms with E-state index >= 15 is 0 Å². The van der Waals surface area contributed by atoms with Gasteiger partial charge < -0.3 is 14.6 Å². The van der Waals surface area contributed by atoms with E-state index in [1.165, 1.54) is 0 Å². The second kappa shape index (κ2) is 7.40. The predicted octanol–water partition coefficient (Wildman–Crippen LogP) is 2.32. The molecule has 118 valence electrons. The first-order valence-corrected chi connectivity index (χ1v) is 7.15. The van der Waals surface area contributed by atoms with Crippen LogP contribution in [-0.2, 0) is 0 Å². The number of hydrogen-bond acceptors (Lipinski definition) is 3. The Hall–Kier alpha value is -1.63. The Balaban J connectivity index is 1.83. The number of furan rings is 1. The van der Waals surface area contributed by atoms with Gasteiger partial charge >= 0.3 is 6.03 Å². The number of hydrogen-bond donors (Lipinski definition) is 1. The average Bonchev–Trinajstić information content (AvgIpc) is 2.86. The van der Waals surface area contributed by atoms with Crippen molar-refractivity contribution in [3.8, 4) is 0 Å². The van der Waals surface area contributed by atoms with Crippen molar-refractivity contribution in [1.29, 1.82) is 0 Å². The smallest absolute Gasteiger partial charge is 0.318 e. The number of nitrogens with zero attached hydrogens (tertiary/aromatic N) is 2. The van der Waals surface area contributed by atoms with E-state index in [0.29, 0.717) is 38.4 Å². The zero-order chi connectivity index (χ0) is 15.2. The third kappa shape index (κ3) is 4.70. The van der Waals surface area contributed by atoms with Crippen molar-refractivity contribution in [2.24, 2.45) is 0 Å². The third-order valence-corrected chi connectivity index (χ3v) is 3.58. The van der Waals surface area contributed by atoms with Crippen LogP contribution in [0.2, 0.25) is 0 Å². The van der Waals surface area contributed by atoms with Crippen molar-refractivity contribution < 1.29 is 18.0 Å². The molecule has 1 aliphatic heterocycles. The molecule has 0 spiro atoms. The van der Waals surface area contributed by atoms with Crippen LogP contribution in [0.5, 0.6) is 0 Å². The fourth-order valence-electron chi connectivity index (χ4n) is 2.44. The van der Waals surface area contributed by atoms with Crippen LogP contribution in [0.25, 0.3) is 0 Å². The topological polar surface area (TPSA) is 48.7 Å². The zero-order valence-electron chi connectivity index (χ0n) is 12.1.